The highest BCUT2D eigenvalue weighted by Gasteiger charge is 2.40. The molecule has 3 heteroatoms. The van der Waals surface area contributed by atoms with Gasteiger partial charge in [-0.2, -0.15) is 5.26 Å². The number of rotatable bonds is 4. The van der Waals surface area contributed by atoms with Crippen molar-refractivity contribution in [3.63, 3.8) is 0 Å². The summed E-state index contributed by atoms with van der Waals surface area (Å²) in [5, 5.41) is 8.58. The molecule has 3 nitrogen and oxygen atoms in total. The topological polar surface area (TPSA) is 50.1 Å². The third-order valence-corrected chi connectivity index (χ3v) is 4.03. The van der Waals surface area contributed by atoms with Gasteiger partial charge in [-0.15, -0.1) is 0 Å². The number of nitrogens with zero attached hydrogens (tertiary/aromatic N) is 1. The zero-order valence-corrected chi connectivity index (χ0v) is 9.82. The maximum atomic E-state index is 11.6. The molecular formula is C13H19NO2. The van der Waals surface area contributed by atoms with Gasteiger partial charge in [0.2, 0.25) is 0 Å². The second-order valence-corrected chi connectivity index (χ2v) is 5.35. The van der Waals surface area contributed by atoms with Crippen molar-refractivity contribution in [2.24, 2.45) is 23.7 Å². The lowest BCUT2D eigenvalue weighted by Gasteiger charge is -2.20. The van der Waals surface area contributed by atoms with Gasteiger partial charge >= 0.3 is 5.97 Å². The first-order chi connectivity index (χ1) is 7.69. The summed E-state index contributed by atoms with van der Waals surface area (Å²) in [6.45, 7) is 2.01. The minimum atomic E-state index is -0.191. The number of fused-ring (bicyclic) bond motifs is 2. The Hall–Kier alpha value is -1.04. The Kier molecular flexibility index (Phi) is 3.48. The number of nitriles is 1. The summed E-state index contributed by atoms with van der Waals surface area (Å²) in [4.78, 5) is 11.6. The Labute approximate surface area is 96.8 Å². The molecule has 0 radical (unpaired) electrons. The van der Waals surface area contributed by atoms with E-state index < -0.39 is 0 Å². The molecule has 2 saturated carbocycles. The first-order valence-corrected chi connectivity index (χ1v) is 6.24. The molecule has 2 fully saturated rings. The molecule has 2 bridgehead atoms. The van der Waals surface area contributed by atoms with Gasteiger partial charge in [0.1, 0.15) is 6.61 Å². The largest absolute Gasteiger partial charge is 0.464 e. The lowest BCUT2D eigenvalue weighted by Crippen LogP contribution is -2.18. The SMILES string of the molecule is C[C@H](C#N)COC(=O)C[C@@H]1C[C@H]2CC[C@H]1C2. The van der Waals surface area contributed by atoms with Gasteiger partial charge in [0, 0.05) is 6.42 Å². The molecule has 0 aliphatic heterocycles. The second-order valence-electron chi connectivity index (χ2n) is 5.35. The number of hydrogen-bond acceptors (Lipinski definition) is 3. The first kappa shape index (κ1) is 11.4. The summed E-state index contributed by atoms with van der Waals surface area (Å²) in [5.41, 5.74) is 0. The smallest absolute Gasteiger partial charge is 0.306 e. The predicted molar refractivity (Wildman–Crippen MR) is 59.3 cm³/mol. The van der Waals surface area contributed by atoms with Crippen LogP contribution in [0.2, 0.25) is 0 Å². The fraction of sp³-hybridized carbons (Fsp3) is 0.846. The van der Waals surface area contributed by atoms with Gasteiger partial charge < -0.3 is 4.74 Å². The van der Waals surface area contributed by atoms with Crippen LogP contribution in [0, 0.1) is 35.0 Å². The summed E-state index contributed by atoms with van der Waals surface area (Å²) < 4.78 is 5.10. The summed E-state index contributed by atoms with van der Waals surface area (Å²) in [5.74, 6) is 1.90. The highest BCUT2D eigenvalue weighted by atomic mass is 16.5. The second kappa shape index (κ2) is 4.86. The number of hydrogen-bond donors (Lipinski definition) is 0. The molecule has 2 aliphatic carbocycles. The van der Waals surface area contributed by atoms with Crippen LogP contribution in [0.4, 0.5) is 0 Å². The highest BCUT2D eigenvalue weighted by Crippen LogP contribution is 2.49. The van der Waals surface area contributed by atoms with Crippen LogP contribution >= 0.6 is 0 Å². The molecule has 0 aromatic heterocycles. The maximum Gasteiger partial charge on any atom is 0.306 e. The zero-order valence-electron chi connectivity index (χ0n) is 9.82. The van der Waals surface area contributed by atoms with E-state index in [0.717, 1.165) is 11.8 Å². The summed E-state index contributed by atoms with van der Waals surface area (Å²) >= 11 is 0. The molecule has 0 aromatic carbocycles. The molecule has 0 spiro atoms. The fourth-order valence-corrected chi connectivity index (χ4v) is 3.15. The van der Waals surface area contributed by atoms with Gasteiger partial charge in [0.25, 0.3) is 0 Å². The monoisotopic (exact) mass is 221 g/mol. The van der Waals surface area contributed by atoms with Crippen LogP contribution in [0.25, 0.3) is 0 Å². The van der Waals surface area contributed by atoms with Crippen molar-refractivity contribution in [1.82, 2.24) is 0 Å². The van der Waals surface area contributed by atoms with Gasteiger partial charge in [0.05, 0.1) is 12.0 Å². The van der Waals surface area contributed by atoms with E-state index in [2.05, 4.69) is 6.07 Å². The van der Waals surface area contributed by atoms with E-state index in [1.807, 2.05) is 0 Å². The van der Waals surface area contributed by atoms with Crippen LogP contribution in [-0.4, -0.2) is 12.6 Å². The third-order valence-electron chi connectivity index (χ3n) is 4.03. The van der Waals surface area contributed by atoms with Gasteiger partial charge in [-0.25, -0.2) is 0 Å². The van der Waals surface area contributed by atoms with E-state index in [-0.39, 0.29) is 18.5 Å². The average molecular weight is 221 g/mol. The molecule has 0 aromatic rings. The molecule has 88 valence electrons. The minimum Gasteiger partial charge on any atom is -0.464 e. The van der Waals surface area contributed by atoms with Crippen LogP contribution in [0.5, 0.6) is 0 Å². The van der Waals surface area contributed by atoms with Gasteiger partial charge in [0.15, 0.2) is 0 Å². The van der Waals surface area contributed by atoms with Crippen molar-refractivity contribution >= 4 is 5.97 Å². The summed E-state index contributed by atoms with van der Waals surface area (Å²) in [6.07, 6.45) is 5.78. The number of carbonyl (C=O) groups excluding carboxylic acids is 1. The zero-order chi connectivity index (χ0) is 11.5. The Morgan fingerprint density at radius 3 is 2.88 bits per heavy atom. The molecular weight excluding hydrogens is 202 g/mol. The number of carbonyl (C=O) groups is 1. The fourth-order valence-electron chi connectivity index (χ4n) is 3.15. The lowest BCUT2D eigenvalue weighted by atomic mass is 9.86. The Balaban J connectivity index is 1.70. The molecule has 2 aliphatic rings. The van der Waals surface area contributed by atoms with Crippen molar-refractivity contribution in [2.45, 2.75) is 39.0 Å². The quantitative estimate of drug-likeness (QED) is 0.685. The molecule has 0 unspecified atom stereocenters. The van der Waals surface area contributed by atoms with Crippen molar-refractivity contribution in [2.75, 3.05) is 6.61 Å². The van der Waals surface area contributed by atoms with E-state index >= 15 is 0 Å². The number of esters is 1. The summed E-state index contributed by atoms with van der Waals surface area (Å²) in [6, 6.07) is 2.06. The normalized spacial score (nSPS) is 33.4. The minimum absolute atomic E-state index is 0.111. The highest BCUT2D eigenvalue weighted by molar-refractivity contribution is 5.69. The van der Waals surface area contributed by atoms with Crippen molar-refractivity contribution in [1.29, 1.82) is 5.26 Å². The van der Waals surface area contributed by atoms with Crippen molar-refractivity contribution < 1.29 is 9.53 Å². The van der Waals surface area contributed by atoms with E-state index in [4.69, 9.17) is 10.00 Å². The third kappa shape index (κ3) is 2.55. The van der Waals surface area contributed by atoms with Gasteiger partial charge in [-0.3, -0.25) is 4.79 Å². The molecule has 0 amide bonds. The average Bonchev–Trinajstić information content (AvgIpc) is 2.87. The number of ether oxygens (including phenoxy) is 1. The standard InChI is InChI=1S/C13H19NO2/c1-9(7-14)8-16-13(15)6-12-5-10-2-3-11(12)4-10/h9-12H,2-6,8H2,1H3/t9-,10+,11+,12+/m1/s1. The first-order valence-electron chi connectivity index (χ1n) is 6.24. The van der Waals surface area contributed by atoms with Gasteiger partial charge in [-0.1, -0.05) is 6.42 Å². The van der Waals surface area contributed by atoms with Crippen LogP contribution in [-0.2, 0) is 9.53 Å². The molecule has 0 heterocycles. The maximum absolute atomic E-state index is 11.6. The van der Waals surface area contributed by atoms with E-state index in [1.54, 1.807) is 6.92 Å². The van der Waals surface area contributed by atoms with Crippen LogP contribution in [0.1, 0.15) is 39.0 Å². The molecule has 0 saturated heterocycles. The molecule has 4 atom stereocenters. The molecule has 16 heavy (non-hydrogen) atoms. The Morgan fingerprint density at radius 2 is 2.31 bits per heavy atom. The van der Waals surface area contributed by atoms with Crippen LogP contribution < -0.4 is 0 Å². The van der Waals surface area contributed by atoms with E-state index in [9.17, 15) is 4.79 Å². The van der Waals surface area contributed by atoms with Crippen molar-refractivity contribution in [3.8, 4) is 6.07 Å². The summed E-state index contributed by atoms with van der Waals surface area (Å²) in [7, 11) is 0. The Morgan fingerprint density at radius 1 is 1.50 bits per heavy atom. The lowest BCUT2D eigenvalue weighted by molar-refractivity contribution is -0.145. The Bertz CT molecular complexity index is 308. The van der Waals surface area contributed by atoms with E-state index in [0.29, 0.717) is 12.3 Å². The molecule has 2 rings (SSSR count). The predicted octanol–water partition coefficient (Wildman–Crippen LogP) is 2.52. The van der Waals surface area contributed by atoms with E-state index in [1.165, 1.54) is 25.7 Å². The van der Waals surface area contributed by atoms with Crippen LogP contribution in [0.15, 0.2) is 0 Å². The van der Waals surface area contributed by atoms with Crippen LogP contribution in [0.3, 0.4) is 0 Å². The van der Waals surface area contributed by atoms with Gasteiger partial charge in [-0.05, 0) is 43.9 Å². The van der Waals surface area contributed by atoms with Crippen molar-refractivity contribution in [3.05, 3.63) is 0 Å². The molecule has 0 N–H and O–H groups in total.